The predicted octanol–water partition coefficient (Wildman–Crippen LogP) is -0.576. The van der Waals surface area contributed by atoms with E-state index in [1.165, 1.54) is 0 Å². The van der Waals surface area contributed by atoms with Crippen LogP contribution in [0.4, 0.5) is 0 Å². The fourth-order valence-corrected chi connectivity index (χ4v) is 1.55. The molecule has 84 valence electrons. The van der Waals surface area contributed by atoms with E-state index in [4.69, 9.17) is 14.7 Å². The second kappa shape index (κ2) is 9.25. The van der Waals surface area contributed by atoms with Crippen LogP contribution in [0.15, 0.2) is 0 Å². The van der Waals surface area contributed by atoms with E-state index in [0.29, 0.717) is 6.61 Å². The first-order valence-electron chi connectivity index (χ1n) is 4.52. The van der Waals surface area contributed by atoms with Gasteiger partial charge in [-0.25, -0.2) is 0 Å². The summed E-state index contributed by atoms with van der Waals surface area (Å²) in [7, 11) is 4.19. The largest absolute Gasteiger partial charge is 2.00 e. The number of nitrogens with zero attached hydrogens (tertiary/aromatic N) is 1. The van der Waals surface area contributed by atoms with Gasteiger partial charge in [0.05, 0.1) is 27.7 Å². The van der Waals surface area contributed by atoms with Gasteiger partial charge in [-0.2, -0.15) is 0 Å². The van der Waals surface area contributed by atoms with Crippen LogP contribution in [-0.2, 0) is 9.09 Å². The second-order valence-corrected chi connectivity index (χ2v) is 5.49. The van der Waals surface area contributed by atoms with Gasteiger partial charge in [-0.05, 0) is 4.57 Å². The smallest absolute Gasteiger partial charge is 0.394 e. The minimum atomic E-state index is -1.85. The monoisotopic (exact) mass is 265 g/mol. The van der Waals surface area contributed by atoms with E-state index in [1.807, 2.05) is 21.1 Å². The van der Waals surface area contributed by atoms with Gasteiger partial charge in [-0.1, -0.05) is 0 Å². The molecule has 15 heavy (non-hydrogen) atoms. The number of aliphatic hydroxyl groups is 2. The van der Waals surface area contributed by atoms with Crippen LogP contribution in [-0.4, -0.2) is 106 Å². The average molecular weight is 265 g/mol. The fourth-order valence-electron chi connectivity index (χ4n) is 0.699. The summed E-state index contributed by atoms with van der Waals surface area (Å²) in [6, 6.07) is 0. The maximum absolute atomic E-state index is 11.1. The third-order valence-corrected chi connectivity index (χ3v) is 2.76. The molecule has 0 aliphatic heterocycles. The van der Waals surface area contributed by atoms with E-state index in [9.17, 15) is 4.57 Å². The number of hydrogen-bond acceptors (Lipinski definition) is 4. The van der Waals surface area contributed by atoms with E-state index < -0.39 is 14.1 Å². The van der Waals surface area contributed by atoms with Crippen LogP contribution in [0.2, 0.25) is 0 Å². The van der Waals surface area contributed by atoms with Gasteiger partial charge in [0.25, 0.3) is 0 Å². The second-order valence-electron chi connectivity index (χ2n) is 4.20. The molecular weight excluding hydrogens is 245 g/mol. The number of rotatable bonds is 7. The summed E-state index contributed by atoms with van der Waals surface area (Å²) in [6.07, 6.45) is -0.939. The molecule has 0 saturated heterocycles. The van der Waals surface area contributed by atoms with Crippen molar-refractivity contribution in [2.24, 2.45) is 0 Å². The molecule has 0 fully saturated rings. The summed E-state index contributed by atoms with van der Waals surface area (Å²) in [4.78, 5) is 0. The van der Waals surface area contributed by atoms with Crippen molar-refractivity contribution in [3.05, 3.63) is 0 Å². The molecule has 0 amide bonds. The molecule has 0 aliphatic rings. The zero-order valence-corrected chi connectivity index (χ0v) is 12.8. The van der Waals surface area contributed by atoms with E-state index in [2.05, 4.69) is 0 Å². The average Bonchev–Trinajstić information content (AvgIpc) is 2.01. The van der Waals surface area contributed by atoms with E-state index in [-0.39, 0.29) is 50.5 Å². The number of hydrogen-bond donors (Lipinski definition) is 2. The Balaban J connectivity index is 0. The standard InChI is InChI=1S/C8H20NO4P.Ca/c1-9(2,3)4-5-13-14(12)7-8(11)6-10;/h8,10-11H,4-7H2,1-3H3;/q2*+2. The molecule has 2 atom stereocenters. The van der Waals surface area contributed by atoms with Crippen LogP contribution < -0.4 is 0 Å². The molecule has 0 aromatic rings. The van der Waals surface area contributed by atoms with E-state index >= 15 is 0 Å². The van der Waals surface area contributed by atoms with E-state index in [1.54, 1.807) is 0 Å². The summed E-state index contributed by atoms with van der Waals surface area (Å²) >= 11 is 0. The van der Waals surface area contributed by atoms with Crippen molar-refractivity contribution in [1.82, 2.24) is 0 Å². The Hall–Kier alpha value is 1.20. The Morgan fingerprint density at radius 2 is 1.93 bits per heavy atom. The van der Waals surface area contributed by atoms with Gasteiger partial charge in [-0.15, -0.1) is 4.52 Å². The molecule has 5 nitrogen and oxygen atoms in total. The SMILES string of the molecule is C[N+](C)(C)CCO[P+](=O)CC(O)CO.[Ca+2]. The van der Waals surface area contributed by atoms with Crippen molar-refractivity contribution >= 4 is 45.8 Å². The Bertz CT molecular complexity index is 186. The van der Waals surface area contributed by atoms with Gasteiger partial charge in [0.15, 0.2) is 6.61 Å². The summed E-state index contributed by atoms with van der Waals surface area (Å²) in [5.74, 6) is 0. The molecule has 0 aromatic carbocycles. The molecule has 0 spiro atoms. The van der Waals surface area contributed by atoms with Crippen LogP contribution in [0.1, 0.15) is 0 Å². The van der Waals surface area contributed by atoms with Gasteiger partial charge in [0.1, 0.15) is 12.6 Å². The first-order valence-corrected chi connectivity index (χ1v) is 5.88. The number of quaternary nitrogens is 1. The van der Waals surface area contributed by atoms with Crippen molar-refractivity contribution in [2.75, 3.05) is 47.1 Å². The summed E-state index contributed by atoms with van der Waals surface area (Å²) in [5, 5.41) is 17.5. The molecule has 0 aromatic heterocycles. The Kier molecular flexibility index (Phi) is 11.4. The summed E-state index contributed by atoms with van der Waals surface area (Å²) in [6.45, 7) is 0.785. The molecule has 0 heterocycles. The van der Waals surface area contributed by atoms with Crippen LogP contribution >= 0.6 is 8.03 Å². The topological polar surface area (TPSA) is 66.8 Å². The van der Waals surface area contributed by atoms with Gasteiger partial charge in [0, 0.05) is 0 Å². The van der Waals surface area contributed by atoms with Gasteiger partial charge in [0.2, 0.25) is 6.16 Å². The summed E-state index contributed by atoms with van der Waals surface area (Å²) in [5.41, 5.74) is 0. The normalized spacial score (nSPS) is 14.3. The number of aliphatic hydroxyl groups excluding tert-OH is 2. The van der Waals surface area contributed by atoms with Crippen LogP contribution in [0.25, 0.3) is 0 Å². The van der Waals surface area contributed by atoms with Gasteiger partial charge in [-0.3, -0.25) is 0 Å². The Morgan fingerprint density at radius 1 is 1.40 bits per heavy atom. The molecule has 0 aliphatic carbocycles. The first-order chi connectivity index (χ1) is 6.35. The third-order valence-electron chi connectivity index (χ3n) is 1.57. The maximum Gasteiger partial charge on any atom is 2.00 e. The molecule has 0 radical (unpaired) electrons. The van der Waals surface area contributed by atoms with E-state index in [0.717, 1.165) is 11.0 Å². The molecule has 0 bridgehead atoms. The van der Waals surface area contributed by atoms with Gasteiger partial charge < -0.3 is 14.7 Å². The zero-order chi connectivity index (χ0) is 11.2. The fraction of sp³-hybridized carbons (Fsp3) is 1.00. The van der Waals surface area contributed by atoms with Crippen molar-refractivity contribution < 1.29 is 23.8 Å². The minimum absolute atomic E-state index is 0. The molecule has 0 saturated carbocycles. The first kappa shape index (κ1) is 18.6. The van der Waals surface area contributed by atoms with Crippen molar-refractivity contribution in [2.45, 2.75) is 6.10 Å². The summed E-state index contributed by atoms with van der Waals surface area (Å²) < 4.78 is 16.9. The molecule has 7 heteroatoms. The van der Waals surface area contributed by atoms with Crippen LogP contribution in [0, 0.1) is 0 Å². The van der Waals surface area contributed by atoms with Crippen LogP contribution in [0.5, 0.6) is 0 Å². The minimum Gasteiger partial charge on any atom is -0.394 e. The third kappa shape index (κ3) is 13.1. The maximum atomic E-state index is 11.1. The molecule has 2 unspecified atom stereocenters. The van der Waals surface area contributed by atoms with Crippen molar-refractivity contribution in [3.8, 4) is 0 Å². The Labute approximate surface area is 122 Å². The number of likely N-dealkylation sites (N-methyl/N-ethyl adjacent to an activating group) is 1. The molecular formula is C8H20CaNO4P+4. The van der Waals surface area contributed by atoms with Crippen LogP contribution in [0.3, 0.4) is 0 Å². The van der Waals surface area contributed by atoms with Gasteiger partial charge >= 0.3 is 45.8 Å². The Morgan fingerprint density at radius 3 is 2.33 bits per heavy atom. The zero-order valence-electron chi connectivity index (χ0n) is 9.72. The quantitative estimate of drug-likeness (QED) is 0.367. The van der Waals surface area contributed by atoms with Crippen molar-refractivity contribution in [1.29, 1.82) is 0 Å². The molecule has 0 rings (SSSR count). The predicted molar refractivity (Wildman–Crippen MR) is 60.2 cm³/mol. The van der Waals surface area contributed by atoms with Crippen molar-refractivity contribution in [3.63, 3.8) is 0 Å². The molecule has 2 N–H and O–H groups in total.